The first-order valence-electron chi connectivity index (χ1n) is 6.50. The van der Waals surface area contributed by atoms with Crippen LogP contribution in [-0.2, 0) is 24.0 Å². The lowest BCUT2D eigenvalue weighted by molar-refractivity contribution is -0.126. The zero-order chi connectivity index (χ0) is 15.4. The zero-order valence-electron chi connectivity index (χ0n) is 11.5. The summed E-state index contributed by atoms with van der Waals surface area (Å²) >= 11 is 0. The summed E-state index contributed by atoms with van der Waals surface area (Å²) in [5.74, 6) is -0.662. The first-order valence-corrected chi connectivity index (χ1v) is 6.50. The Balaban J connectivity index is 4.11. The van der Waals surface area contributed by atoms with Crippen molar-refractivity contribution in [2.45, 2.75) is 51.1 Å². The minimum atomic E-state index is -0.710. The van der Waals surface area contributed by atoms with Crippen molar-refractivity contribution in [3.8, 4) is 0 Å². The van der Waals surface area contributed by atoms with E-state index in [9.17, 15) is 24.0 Å². The lowest BCUT2D eigenvalue weighted by Gasteiger charge is -2.14. The van der Waals surface area contributed by atoms with Gasteiger partial charge in [0.15, 0.2) is 0 Å². The smallest absolute Gasteiger partial charge is 0.220 e. The van der Waals surface area contributed by atoms with Gasteiger partial charge in [0.05, 0.1) is 12.1 Å². The Labute approximate surface area is 117 Å². The van der Waals surface area contributed by atoms with E-state index >= 15 is 0 Å². The summed E-state index contributed by atoms with van der Waals surface area (Å²) in [7, 11) is 0. The molecule has 0 heterocycles. The molecule has 7 nitrogen and oxygen atoms in total. The lowest BCUT2D eigenvalue weighted by Crippen LogP contribution is -2.39. The Morgan fingerprint density at radius 3 is 2.00 bits per heavy atom. The average molecular weight is 284 g/mol. The standard InChI is InChI=1S/C13H20N2O5/c1-2-12(19)14-11(9-18)5-6-13(20)15-10(8-17)4-3-7-16/h7-11H,2-6H2,1H3,(H,14,19)(H,15,20)/t10-,11-/m0/s1. The Morgan fingerprint density at radius 1 is 0.950 bits per heavy atom. The van der Waals surface area contributed by atoms with Crippen LogP contribution < -0.4 is 10.6 Å². The third-order valence-electron chi connectivity index (χ3n) is 2.62. The van der Waals surface area contributed by atoms with Gasteiger partial charge < -0.3 is 25.0 Å². The van der Waals surface area contributed by atoms with Gasteiger partial charge in [-0.15, -0.1) is 0 Å². The van der Waals surface area contributed by atoms with Gasteiger partial charge in [0.1, 0.15) is 18.9 Å². The fourth-order valence-electron chi connectivity index (χ4n) is 1.47. The molecular formula is C13H20N2O5. The maximum Gasteiger partial charge on any atom is 0.220 e. The van der Waals surface area contributed by atoms with Crippen LogP contribution in [0.4, 0.5) is 0 Å². The van der Waals surface area contributed by atoms with Crippen LogP contribution in [0.2, 0.25) is 0 Å². The highest BCUT2D eigenvalue weighted by Crippen LogP contribution is 1.98. The molecular weight excluding hydrogens is 264 g/mol. The topological polar surface area (TPSA) is 109 Å². The van der Waals surface area contributed by atoms with Crippen molar-refractivity contribution in [1.82, 2.24) is 10.6 Å². The van der Waals surface area contributed by atoms with Crippen LogP contribution >= 0.6 is 0 Å². The van der Waals surface area contributed by atoms with Gasteiger partial charge in [-0.05, 0) is 12.8 Å². The monoisotopic (exact) mass is 284 g/mol. The number of amides is 2. The highest BCUT2D eigenvalue weighted by Gasteiger charge is 2.15. The number of hydrogen-bond acceptors (Lipinski definition) is 5. The number of hydrogen-bond donors (Lipinski definition) is 2. The molecule has 0 rings (SSSR count). The van der Waals surface area contributed by atoms with Crippen molar-refractivity contribution in [3.63, 3.8) is 0 Å². The van der Waals surface area contributed by atoms with E-state index in [1.165, 1.54) is 0 Å². The molecule has 0 fully saturated rings. The van der Waals surface area contributed by atoms with E-state index in [4.69, 9.17) is 0 Å². The number of aldehydes is 3. The van der Waals surface area contributed by atoms with Gasteiger partial charge in [-0.1, -0.05) is 6.92 Å². The Morgan fingerprint density at radius 2 is 1.50 bits per heavy atom. The second-order valence-corrected chi connectivity index (χ2v) is 4.26. The maximum absolute atomic E-state index is 11.6. The minimum absolute atomic E-state index is 0.0127. The van der Waals surface area contributed by atoms with Gasteiger partial charge in [0.2, 0.25) is 11.8 Å². The molecule has 0 aliphatic rings. The fourth-order valence-corrected chi connectivity index (χ4v) is 1.47. The Bertz CT molecular complexity index is 357. The van der Waals surface area contributed by atoms with Gasteiger partial charge in [-0.3, -0.25) is 9.59 Å². The molecule has 0 aliphatic carbocycles. The van der Waals surface area contributed by atoms with Crippen LogP contribution in [0.15, 0.2) is 0 Å². The predicted octanol–water partition coefficient (Wildman–Crippen LogP) is -0.477. The molecule has 0 spiro atoms. The quantitative estimate of drug-likeness (QED) is 0.498. The van der Waals surface area contributed by atoms with Crippen LogP contribution in [0.1, 0.15) is 39.0 Å². The summed E-state index contributed by atoms with van der Waals surface area (Å²) in [6.45, 7) is 1.66. The molecule has 0 saturated carbocycles. The highest BCUT2D eigenvalue weighted by molar-refractivity contribution is 5.81. The van der Waals surface area contributed by atoms with Crippen LogP contribution in [0, 0.1) is 0 Å². The Hall–Kier alpha value is -2.05. The van der Waals surface area contributed by atoms with Gasteiger partial charge in [0.25, 0.3) is 0 Å². The van der Waals surface area contributed by atoms with E-state index in [0.29, 0.717) is 18.9 Å². The van der Waals surface area contributed by atoms with Gasteiger partial charge in [-0.2, -0.15) is 0 Å². The lowest BCUT2D eigenvalue weighted by atomic mass is 10.1. The maximum atomic E-state index is 11.6. The van der Waals surface area contributed by atoms with E-state index in [-0.39, 0.29) is 38.0 Å². The van der Waals surface area contributed by atoms with Crippen molar-refractivity contribution in [1.29, 1.82) is 0 Å². The van der Waals surface area contributed by atoms with Crippen molar-refractivity contribution in [2.24, 2.45) is 0 Å². The van der Waals surface area contributed by atoms with Crippen LogP contribution in [0.3, 0.4) is 0 Å². The molecule has 0 aromatic carbocycles. The Kier molecular flexibility index (Phi) is 9.72. The molecule has 0 saturated heterocycles. The fraction of sp³-hybridized carbons (Fsp3) is 0.615. The van der Waals surface area contributed by atoms with E-state index < -0.39 is 18.0 Å². The van der Waals surface area contributed by atoms with Gasteiger partial charge >= 0.3 is 0 Å². The summed E-state index contributed by atoms with van der Waals surface area (Å²) < 4.78 is 0. The zero-order valence-corrected chi connectivity index (χ0v) is 11.5. The van der Waals surface area contributed by atoms with Crippen molar-refractivity contribution < 1.29 is 24.0 Å². The number of carbonyl (C=O) groups excluding carboxylic acids is 5. The minimum Gasteiger partial charge on any atom is -0.347 e. The van der Waals surface area contributed by atoms with E-state index in [2.05, 4.69) is 10.6 Å². The second-order valence-electron chi connectivity index (χ2n) is 4.26. The van der Waals surface area contributed by atoms with Crippen molar-refractivity contribution >= 4 is 30.7 Å². The molecule has 0 aliphatic heterocycles. The molecule has 20 heavy (non-hydrogen) atoms. The second kappa shape index (κ2) is 10.8. The van der Waals surface area contributed by atoms with E-state index in [1.807, 2.05) is 0 Å². The average Bonchev–Trinajstić information content (AvgIpc) is 2.47. The molecule has 2 amide bonds. The van der Waals surface area contributed by atoms with Gasteiger partial charge in [-0.25, -0.2) is 0 Å². The molecule has 112 valence electrons. The molecule has 0 unspecified atom stereocenters. The molecule has 2 N–H and O–H groups in total. The molecule has 0 aromatic heterocycles. The highest BCUT2D eigenvalue weighted by atomic mass is 16.2. The molecule has 0 aromatic rings. The van der Waals surface area contributed by atoms with E-state index in [1.54, 1.807) is 6.92 Å². The normalized spacial score (nSPS) is 12.8. The molecule has 0 bridgehead atoms. The summed E-state index contributed by atoms with van der Waals surface area (Å²) in [6.07, 6.45) is 2.69. The van der Waals surface area contributed by atoms with Crippen LogP contribution in [-0.4, -0.2) is 42.8 Å². The predicted molar refractivity (Wildman–Crippen MR) is 70.8 cm³/mol. The molecule has 0 radical (unpaired) electrons. The molecule has 2 atom stereocenters. The van der Waals surface area contributed by atoms with Crippen LogP contribution in [0.25, 0.3) is 0 Å². The third-order valence-corrected chi connectivity index (χ3v) is 2.62. The van der Waals surface area contributed by atoms with E-state index in [0.717, 1.165) is 0 Å². The summed E-state index contributed by atoms with van der Waals surface area (Å²) in [4.78, 5) is 54.3. The first-order chi connectivity index (χ1) is 9.57. The summed E-state index contributed by atoms with van der Waals surface area (Å²) in [5.41, 5.74) is 0. The third kappa shape index (κ3) is 8.12. The number of carbonyl (C=O) groups is 5. The van der Waals surface area contributed by atoms with Gasteiger partial charge in [0, 0.05) is 19.3 Å². The summed E-state index contributed by atoms with van der Waals surface area (Å²) in [5, 5.41) is 4.92. The number of rotatable bonds is 11. The summed E-state index contributed by atoms with van der Waals surface area (Å²) in [6, 6.07) is -1.41. The SMILES string of the molecule is CCC(=O)N[C@H](C=O)CCC(=O)N[C@H](C=O)CCC=O. The molecule has 7 heteroatoms. The van der Waals surface area contributed by atoms with Crippen molar-refractivity contribution in [2.75, 3.05) is 0 Å². The first kappa shape index (κ1) is 17.9. The number of nitrogens with one attached hydrogen (secondary N) is 2. The van der Waals surface area contributed by atoms with Crippen LogP contribution in [0.5, 0.6) is 0 Å². The largest absolute Gasteiger partial charge is 0.347 e. The van der Waals surface area contributed by atoms with Crippen molar-refractivity contribution in [3.05, 3.63) is 0 Å².